The van der Waals surface area contributed by atoms with Crippen LogP contribution in [0.15, 0.2) is 18.2 Å². The molecule has 0 unspecified atom stereocenters. The zero-order valence-corrected chi connectivity index (χ0v) is 9.17. The lowest BCUT2D eigenvalue weighted by molar-refractivity contribution is -0.116. The van der Waals surface area contributed by atoms with Gasteiger partial charge in [-0.15, -0.1) is 0 Å². The second-order valence-corrected chi connectivity index (χ2v) is 3.35. The van der Waals surface area contributed by atoms with Crippen LogP contribution in [0.3, 0.4) is 0 Å². The highest BCUT2D eigenvalue weighted by molar-refractivity contribution is 6.32. The summed E-state index contributed by atoms with van der Waals surface area (Å²) >= 11 is 5.90. The highest BCUT2D eigenvalue weighted by atomic mass is 35.5. The Balaban J connectivity index is 2.63. The molecule has 82 valence electrons. The average Bonchev–Trinajstić information content (AvgIpc) is 2.26. The van der Waals surface area contributed by atoms with E-state index in [4.69, 9.17) is 22.1 Å². The van der Waals surface area contributed by atoms with Crippen LogP contribution in [0.25, 0.3) is 0 Å². The van der Waals surface area contributed by atoms with Gasteiger partial charge in [-0.25, -0.2) is 0 Å². The number of ketones is 1. The van der Waals surface area contributed by atoms with E-state index in [1.54, 1.807) is 25.3 Å². The molecule has 0 amide bonds. The molecule has 4 nitrogen and oxygen atoms in total. The molecule has 0 saturated carbocycles. The molecule has 3 N–H and O–H groups in total. The molecule has 0 bridgehead atoms. The zero-order chi connectivity index (χ0) is 11.3. The predicted octanol–water partition coefficient (Wildman–Crippen LogP) is 1.29. The zero-order valence-electron chi connectivity index (χ0n) is 8.42. The maximum Gasteiger partial charge on any atom is 0.165 e. The first-order valence-corrected chi connectivity index (χ1v) is 4.84. The van der Waals surface area contributed by atoms with Crippen LogP contribution < -0.4 is 15.8 Å². The maximum atomic E-state index is 10.9. The number of carbonyl (C=O) groups is 1. The number of benzene rings is 1. The molecule has 1 rings (SSSR count). The van der Waals surface area contributed by atoms with Gasteiger partial charge in [0.05, 0.1) is 25.2 Å². The summed E-state index contributed by atoms with van der Waals surface area (Å²) < 4.78 is 5.00. The molecule has 0 radical (unpaired) electrons. The van der Waals surface area contributed by atoms with Gasteiger partial charge in [-0.3, -0.25) is 4.79 Å². The molecule has 1 aromatic carbocycles. The van der Waals surface area contributed by atoms with E-state index in [2.05, 4.69) is 5.32 Å². The van der Waals surface area contributed by atoms with Crippen molar-refractivity contribution in [1.82, 2.24) is 0 Å². The van der Waals surface area contributed by atoms with Gasteiger partial charge >= 0.3 is 0 Å². The lowest BCUT2D eigenvalue weighted by Gasteiger charge is -2.07. The van der Waals surface area contributed by atoms with E-state index in [0.29, 0.717) is 10.8 Å². The summed E-state index contributed by atoms with van der Waals surface area (Å²) in [6.07, 6.45) is 0. The third-order valence-corrected chi connectivity index (χ3v) is 2.16. The van der Waals surface area contributed by atoms with Crippen LogP contribution in [0.4, 0.5) is 5.69 Å². The van der Waals surface area contributed by atoms with Crippen LogP contribution >= 0.6 is 11.6 Å². The molecule has 0 aliphatic carbocycles. The topological polar surface area (TPSA) is 64.3 Å². The maximum absolute atomic E-state index is 10.9. The summed E-state index contributed by atoms with van der Waals surface area (Å²) in [4.78, 5) is 10.9. The molecular formula is C10H13ClN2O2. The minimum absolute atomic E-state index is 0.0386. The van der Waals surface area contributed by atoms with E-state index in [-0.39, 0.29) is 18.9 Å². The molecule has 0 spiro atoms. The Morgan fingerprint density at radius 3 is 2.87 bits per heavy atom. The van der Waals surface area contributed by atoms with E-state index in [0.717, 1.165) is 5.69 Å². The largest absolute Gasteiger partial charge is 0.495 e. The van der Waals surface area contributed by atoms with Crippen LogP contribution in [0, 0.1) is 0 Å². The highest BCUT2D eigenvalue weighted by Gasteiger charge is 2.02. The molecule has 0 aromatic heterocycles. The van der Waals surface area contributed by atoms with Gasteiger partial charge < -0.3 is 15.8 Å². The molecule has 0 fully saturated rings. The van der Waals surface area contributed by atoms with Crippen molar-refractivity contribution < 1.29 is 9.53 Å². The summed E-state index contributed by atoms with van der Waals surface area (Å²) in [5, 5.41) is 3.42. The van der Waals surface area contributed by atoms with Crippen LogP contribution in [0.5, 0.6) is 5.75 Å². The highest BCUT2D eigenvalue weighted by Crippen LogP contribution is 2.26. The minimum Gasteiger partial charge on any atom is -0.495 e. The third-order valence-electron chi connectivity index (χ3n) is 1.87. The van der Waals surface area contributed by atoms with E-state index >= 15 is 0 Å². The van der Waals surface area contributed by atoms with Crippen molar-refractivity contribution in [2.45, 2.75) is 0 Å². The molecule has 0 heterocycles. The van der Waals surface area contributed by atoms with Gasteiger partial charge in [0, 0.05) is 5.69 Å². The average molecular weight is 229 g/mol. The Morgan fingerprint density at radius 1 is 1.60 bits per heavy atom. The van der Waals surface area contributed by atoms with Crippen LogP contribution in [-0.4, -0.2) is 26.0 Å². The third kappa shape index (κ3) is 3.42. The van der Waals surface area contributed by atoms with Crippen LogP contribution in [0.1, 0.15) is 0 Å². The SMILES string of the molecule is COc1ccc(NCC(=O)CN)cc1Cl. The van der Waals surface area contributed by atoms with Crippen molar-refractivity contribution >= 4 is 23.1 Å². The Morgan fingerprint density at radius 2 is 2.33 bits per heavy atom. The number of ether oxygens (including phenoxy) is 1. The summed E-state index contributed by atoms with van der Waals surface area (Å²) in [6.45, 7) is 0.246. The van der Waals surface area contributed by atoms with Crippen molar-refractivity contribution in [3.8, 4) is 5.75 Å². The van der Waals surface area contributed by atoms with Crippen LogP contribution in [-0.2, 0) is 4.79 Å². The molecule has 0 aliphatic rings. The van der Waals surface area contributed by atoms with Crippen LogP contribution in [0.2, 0.25) is 5.02 Å². The quantitative estimate of drug-likeness (QED) is 0.797. The minimum atomic E-state index is -0.0538. The number of carbonyl (C=O) groups excluding carboxylic acids is 1. The molecule has 1 aromatic rings. The first-order chi connectivity index (χ1) is 7.17. The van der Waals surface area contributed by atoms with Gasteiger partial charge in [0.1, 0.15) is 5.75 Å². The number of nitrogens with two attached hydrogens (primary N) is 1. The van der Waals surface area contributed by atoms with Gasteiger partial charge in [-0.05, 0) is 18.2 Å². The number of halogens is 1. The van der Waals surface area contributed by atoms with E-state index in [1.807, 2.05) is 0 Å². The second-order valence-electron chi connectivity index (χ2n) is 2.95. The van der Waals surface area contributed by atoms with Crippen molar-refractivity contribution in [2.24, 2.45) is 5.73 Å². The molecular weight excluding hydrogens is 216 g/mol. The second kappa shape index (κ2) is 5.58. The molecule has 0 aliphatic heterocycles. The van der Waals surface area contributed by atoms with Crippen molar-refractivity contribution in [2.75, 3.05) is 25.5 Å². The standard InChI is InChI=1S/C10H13ClN2O2/c1-15-10-3-2-7(4-9(10)11)13-6-8(14)5-12/h2-4,13H,5-6,12H2,1H3. The Bertz CT molecular complexity index is 355. The van der Waals surface area contributed by atoms with Crippen molar-refractivity contribution in [3.05, 3.63) is 23.2 Å². The van der Waals surface area contributed by atoms with Gasteiger partial charge in [-0.1, -0.05) is 11.6 Å². The van der Waals surface area contributed by atoms with Gasteiger partial charge in [-0.2, -0.15) is 0 Å². The number of rotatable bonds is 5. The summed E-state index contributed by atoms with van der Waals surface area (Å²) in [5.41, 5.74) is 5.94. The number of nitrogens with one attached hydrogen (secondary N) is 1. The summed E-state index contributed by atoms with van der Waals surface area (Å²) in [5.74, 6) is 0.550. The number of Topliss-reactive ketones (excluding diaryl/α,β-unsaturated/α-hetero) is 1. The van der Waals surface area contributed by atoms with E-state index in [1.165, 1.54) is 0 Å². The number of hydrogen-bond donors (Lipinski definition) is 2. The molecule has 15 heavy (non-hydrogen) atoms. The molecule has 0 saturated heterocycles. The van der Waals surface area contributed by atoms with Crippen molar-refractivity contribution in [1.29, 1.82) is 0 Å². The van der Waals surface area contributed by atoms with E-state index < -0.39 is 0 Å². The fourth-order valence-corrected chi connectivity index (χ4v) is 1.31. The first kappa shape index (κ1) is 11.8. The Labute approximate surface area is 93.4 Å². The summed E-state index contributed by atoms with van der Waals surface area (Å²) in [7, 11) is 1.55. The number of anilines is 1. The fraction of sp³-hybridized carbons (Fsp3) is 0.300. The predicted molar refractivity (Wildman–Crippen MR) is 60.6 cm³/mol. The normalized spacial score (nSPS) is 9.80. The molecule has 5 heteroatoms. The molecule has 0 atom stereocenters. The smallest absolute Gasteiger partial charge is 0.165 e. The van der Waals surface area contributed by atoms with Gasteiger partial charge in [0.25, 0.3) is 0 Å². The first-order valence-electron chi connectivity index (χ1n) is 4.46. The summed E-state index contributed by atoms with van der Waals surface area (Å²) in [6, 6.07) is 5.22. The lowest BCUT2D eigenvalue weighted by Crippen LogP contribution is -2.22. The Kier molecular flexibility index (Phi) is 4.39. The number of hydrogen-bond acceptors (Lipinski definition) is 4. The van der Waals surface area contributed by atoms with E-state index in [9.17, 15) is 4.79 Å². The lowest BCUT2D eigenvalue weighted by atomic mass is 10.3. The van der Waals surface area contributed by atoms with Gasteiger partial charge in [0.2, 0.25) is 0 Å². The Hall–Kier alpha value is -1.26. The number of methoxy groups -OCH3 is 1. The fourth-order valence-electron chi connectivity index (χ4n) is 1.05. The van der Waals surface area contributed by atoms with Crippen molar-refractivity contribution in [3.63, 3.8) is 0 Å². The monoisotopic (exact) mass is 228 g/mol. The van der Waals surface area contributed by atoms with Gasteiger partial charge in [0.15, 0.2) is 5.78 Å².